The van der Waals surface area contributed by atoms with Gasteiger partial charge in [0.05, 0.1) is 19.8 Å². The SMILES string of the molecule is COC(=O)c1ccnc(OC)c1C(=O)Oc1ccccc1. The second-order valence-electron chi connectivity index (χ2n) is 3.94. The van der Waals surface area contributed by atoms with Gasteiger partial charge in [-0.1, -0.05) is 18.2 Å². The molecule has 6 nitrogen and oxygen atoms in total. The highest BCUT2D eigenvalue weighted by atomic mass is 16.5. The van der Waals surface area contributed by atoms with Gasteiger partial charge in [0, 0.05) is 6.20 Å². The van der Waals surface area contributed by atoms with Gasteiger partial charge in [-0.3, -0.25) is 0 Å². The second kappa shape index (κ2) is 6.51. The number of rotatable bonds is 4. The summed E-state index contributed by atoms with van der Waals surface area (Å²) in [6, 6.07) is 9.86. The first kappa shape index (κ1) is 14.5. The van der Waals surface area contributed by atoms with Crippen LogP contribution in [0.5, 0.6) is 11.6 Å². The number of carbonyl (C=O) groups is 2. The van der Waals surface area contributed by atoms with Crippen LogP contribution in [0, 0.1) is 0 Å². The smallest absolute Gasteiger partial charge is 0.349 e. The minimum absolute atomic E-state index is 0.00108. The molecule has 0 spiro atoms. The van der Waals surface area contributed by atoms with Crippen LogP contribution in [0.15, 0.2) is 42.6 Å². The van der Waals surface area contributed by atoms with Crippen LogP contribution in [0.2, 0.25) is 0 Å². The fourth-order valence-corrected chi connectivity index (χ4v) is 1.72. The van der Waals surface area contributed by atoms with Gasteiger partial charge >= 0.3 is 11.9 Å². The van der Waals surface area contributed by atoms with Gasteiger partial charge in [0.15, 0.2) is 0 Å². The zero-order chi connectivity index (χ0) is 15.2. The van der Waals surface area contributed by atoms with Gasteiger partial charge in [-0.25, -0.2) is 14.6 Å². The molecule has 0 fully saturated rings. The molecular formula is C15H13NO5. The van der Waals surface area contributed by atoms with Crippen molar-refractivity contribution in [3.05, 3.63) is 53.7 Å². The molecule has 0 aliphatic rings. The first-order chi connectivity index (χ1) is 10.2. The zero-order valence-corrected chi connectivity index (χ0v) is 11.5. The number of esters is 2. The van der Waals surface area contributed by atoms with Gasteiger partial charge in [0.1, 0.15) is 11.3 Å². The summed E-state index contributed by atoms with van der Waals surface area (Å²) in [5, 5.41) is 0. The molecule has 6 heteroatoms. The van der Waals surface area contributed by atoms with Crippen molar-refractivity contribution in [1.82, 2.24) is 4.98 Å². The van der Waals surface area contributed by atoms with E-state index in [4.69, 9.17) is 9.47 Å². The van der Waals surface area contributed by atoms with E-state index in [1.54, 1.807) is 30.3 Å². The number of nitrogens with zero attached hydrogens (tertiary/aromatic N) is 1. The Balaban J connectivity index is 2.41. The number of carbonyl (C=O) groups excluding carboxylic acids is 2. The molecule has 1 aromatic heterocycles. The first-order valence-electron chi connectivity index (χ1n) is 6.06. The molecular weight excluding hydrogens is 274 g/mol. The number of ether oxygens (including phenoxy) is 3. The molecule has 0 aliphatic carbocycles. The zero-order valence-electron chi connectivity index (χ0n) is 11.5. The van der Waals surface area contributed by atoms with E-state index in [-0.39, 0.29) is 17.0 Å². The molecule has 0 bridgehead atoms. The number of benzene rings is 1. The van der Waals surface area contributed by atoms with Crippen molar-refractivity contribution >= 4 is 11.9 Å². The summed E-state index contributed by atoms with van der Waals surface area (Å²) in [4.78, 5) is 27.9. The molecule has 0 unspecified atom stereocenters. The highest BCUT2D eigenvalue weighted by Crippen LogP contribution is 2.22. The van der Waals surface area contributed by atoms with Crippen molar-refractivity contribution in [1.29, 1.82) is 0 Å². The standard InChI is InChI=1S/C15H13NO5/c1-19-13-12(11(8-9-16-13)14(17)20-2)15(18)21-10-6-4-3-5-7-10/h3-9H,1-2H3. The Morgan fingerprint density at radius 3 is 2.33 bits per heavy atom. The molecule has 2 rings (SSSR count). The lowest BCUT2D eigenvalue weighted by Crippen LogP contribution is -2.17. The number of para-hydroxylation sites is 1. The van der Waals surface area contributed by atoms with E-state index < -0.39 is 11.9 Å². The van der Waals surface area contributed by atoms with Gasteiger partial charge in [-0.05, 0) is 18.2 Å². The number of methoxy groups -OCH3 is 2. The summed E-state index contributed by atoms with van der Waals surface area (Å²) in [5.41, 5.74) is -0.0408. The monoisotopic (exact) mass is 287 g/mol. The fourth-order valence-electron chi connectivity index (χ4n) is 1.72. The van der Waals surface area contributed by atoms with Crippen LogP contribution in [-0.2, 0) is 4.74 Å². The normalized spacial score (nSPS) is 9.81. The minimum Gasteiger partial charge on any atom is -0.480 e. The topological polar surface area (TPSA) is 74.7 Å². The van der Waals surface area contributed by atoms with Crippen LogP contribution in [0.3, 0.4) is 0 Å². The van der Waals surface area contributed by atoms with Gasteiger partial charge in [0.25, 0.3) is 0 Å². The Hall–Kier alpha value is -2.89. The van der Waals surface area contributed by atoms with Gasteiger partial charge in [-0.15, -0.1) is 0 Å². The maximum atomic E-state index is 12.3. The Labute approximate surface area is 121 Å². The van der Waals surface area contributed by atoms with E-state index in [0.29, 0.717) is 5.75 Å². The maximum Gasteiger partial charge on any atom is 0.349 e. The van der Waals surface area contributed by atoms with E-state index >= 15 is 0 Å². The lowest BCUT2D eigenvalue weighted by molar-refractivity contribution is 0.0585. The summed E-state index contributed by atoms with van der Waals surface area (Å²) in [7, 11) is 2.57. The highest BCUT2D eigenvalue weighted by molar-refractivity contribution is 6.05. The van der Waals surface area contributed by atoms with Crippen LogP contribution >= 0.6 is 0 Å². The summed E-state index contributed by atoms with van der Waals surface area (Å²) < 4.78 is 14.9. The van der Waals surface area contributed by atoms with E-state index in [1.165, 1.54) is 26.5 Å². The number of pyridine rings is 1. The average Bonchev–Trinajstić information content (AvgIpc) is 2.54. The van der Waals surface area contributed by atoms with Crippen LogP contribution in [0.1, 0.15) is 20.7 Å². The molecule has 0 amide bonds. The van der Waals surface area contributed by atoms with Crippen molar-refractivity contribution < 1.29 is 23.8 Å². The Morgan fingerprint density at radius 2 is 1.71 bits per heavy atom. The van der Waals surface area contributed by atoms with Crippen molar-refractivity contribution in [3.63, 3.8) is 0 Å². The molecule has 0 N–H and O–H groups in total. The second-order valence-corrected chi connectivity index (χ2v) is 3.94. The Kier molecular flexibility index (Phi) is 4.50. The summed E-state index contributed by atoms with van der Waals surface area (Å²) in [5.74, 6) is -1.06. The lowest BCUT2D eigenvalue weighted by atomic mass is 10.1. The first-order valence-corrected chi connectivity index (χ1v) is 6.06. The van der Waals surface area contributed by atoms with Crippen LogP contribution in [-0.4, -0.2) is 31.1 Å². The van der Waals surface area contributed by atoms with E-state index in [9.17, 15) is 9.59 Å². The molecule has 0 saturated heterocycles. The molecule has 108 valence electrons. The van der Waals surface area contributed by atoms with Crippen LogP contribution in [0.4, 0.5) is 0 Å². The molecule has 0 radical (unpaired) electrons. The summed E-state index contributed by atoms with van der Waals surface area (Å²) in [6.45, 7) is 0. The number of aromatic nitrogens is 1. The largest absolute Gasteiger partial charge is 0.480 e. The van der Waals surface area contributed by atoms with Crippen LogP contribution in [0.25, 0.3) is 0 Å². The van der Waals surface area contributed by atoms with E-state index in [2.05, 4.69) is 9.72 Å². The van der Waals surface area contributed by atoms with E-state index in [0.717, 1.165) is 0 Å². The third kappa shape index (κ3) is 3.17. The average molecular weight is 287 g/mol. The summed E-state index contributed by atoms with van der Waals surface area (Å²) >= 11 is 0. The third-order valence-corrected chi connectivity index (χ3v) is 2.67. The molecule has 2 aromatic rings. The molecule has 0 saturated carbocycles. The Bertz CT molecular complexity index is 654. The van der Waals surface area contributed by atoms with Gasteiger partial charge in [0.2, 0.25) is 5.88 Å². The van der Waals surface area contributed by atoms with Gasteiger partial charge in [-0.2, -0.15) is 0 Å². The van der Waals surface area contributed by atoms with Crippen molar-refractivity contribution in [2.45, 2.75) is 0 Å². The lowest BCUT2D eigenvalue weighted by Gasteiger charge is -2.11. The predicted molar refractivity (Wildman–Crippen MR) is 73.5 cm³/mol. The van der Waals surface area contributed by atoms with Crippen molar-refractivity contribution in [2.75, 3.05) is 14.2 Å². The maximum absolute atomic E-state index is 12.3. The predicted octanol–water partition coefficient (Wildman–Crippen LogP) is 2.10. The van der Waals surface area contributed by atoms with E-state index in [1.807, 2.05) is 0 Å². The van der Waals surface area contributed by atoms with Crippen LogP contribution < -0.4 is 9.47 Å². The molecule has 21 heavy (non-hydrogen) atoms. The van der Waals surface area contributed by atoms with Gasteiger partial charge < -0.3 is 14.2 Å². The minimum atomic E-state index is -0.744. The Morgan fingerprint density at radius 1 is 1.00 bits per heavy atom. The quantitative estimate of drug-likeness (QED) is 0.633. The third-order valence-electron chi connectivity index (χ3n) is 2.67. The summed E-state index contributed by atoms with van der Waals surface area (Å²) in [6.07, 6.45) is 1.35. The molecule has 1 heterocycles. The molecule has 1 aromatic carbocycles. The number of hydrogen-bond donors (Lipinski definition) is 0. The highest BCUT2D eigenvalue weighted by Gasteiger charge is 2.25. The molecule has 0 aliphatic heterocycles. The number of hydrogen-bond acceptors (Lipinski definition) is 6. The molecule has 0 atom stereocenters. The fraction of sp³-hybridized carbons (Fsp3) is 0.133. The van der Waals surface area contributed by atoms with Crippen molar-refractivity contribution in [3.8, 4) is 11.6 Å². The van der Waals surface area contributed by atoms with Crippen molar-refractivity contribution in [2.24, 2.45) is 0 Å².